The molecule has 4 aromatic rings. The van der Waals surface area contributed by atoms with E-state index in [2.05, 4.69) is 20.2 Å². The maximum absolute atomic E-state index is 12.8. The van der Waals surface area contributed by atoms with E-state index in [4.69, 9.17) is 25.2 Å². The molecule has 0 saturated carbocycles. The first kappa shape index (κ1) is 27.6. The number of nitrogens with two attached hydrogens (primary N) is 1. The van der Waals surface area contributed by atoms with Crippen LogP contribution in [0.2, 0.25) is 0 Å². The average molecular weight is 555 g/mol. The summed E-state index contributed by atoms with van der Waals surface area (Å²) in [5, 5.41) is 22.8. The second-order valence-corrected chi connectivity index (χ2v) is 9.49. The molecule has 1 aliphatic heterocycles. The number of fused-ring (bicyclic) bond motifs is 1. The number of hydrogen-bond acceptors (Lipinski definition) is 10. The van der Waals surface area contributed by atoms with Crippen molar-refractivity contribution in [1.29, 1.82) is 5.26 Å². The quantitative estimate of drug-likeness (QED) is 0.114. The van der Waals surface area contributed by atoms with Crippen molar-refractivity contribution in [3.8, 4) is 23.6 Å². The van der Waals surface area contributed by atoms with Crippen LogP contribution in [0, 0.1) is 11.3 Å². The van der Waals surface area contributed by atoms with Crippen LogP contribution in [-0.2, 0) is 11.3 Å². The molecular formula is C30H30N6O5. The van der Waals surface area contributed by atoms with Crippen molar-refractivity contribution in [1.82, 2.24) is 14.9 Å². The van der Waals surface area contributed by atoms with Crippen molar-refractivity contribution in [3.63, 3.8) is 0 Å². The molecule has 0 radical (unpaired) electrons. The molecule has 0 spiro atoms. The van der Waals surface area contributed by atoms with Gasteiger partial charge in [0.15, 0.2) is 0 Å². The molecule has 210 valence electrons. The summed E-state index contributed by atoms with van der Waals surface area (Å²) in [6, 6.07) is 16.9. The highest BCUT2D eigenvalue weighted by atomic mass is 16.5. The van der Waals surface area contributed by atoms with Crippen LogP contribution >= 0.6 is 0 Å². The number of rotatable bonds is 10. The Morgan fingerprint density at radius 1 is 1.12 bits per heavy atom. The SMILES string of the molecule is N#Cc1ccc(C(=O)Nc2ccc(O)c(N)c2COc2ncc3ccc(OCCCN4CCOCC4)cc3n2)cc1. The van der Waals surface area contributed by atoms with Gasteiger partial charge in [-0.15, -0.1) is 0 Å². The van der Waals surface area contributed by atoms with Crippen LogP contribution in [-0.4, -0.2) is 65.3 Å². The van der Waals surface area contributed by atoms with Gasteiger partial charge in [0.25, 0.3) is 5.91 Å². The Balaban J connectivity index is 1.24. The van der Waals surface area contributed by atoms with Crippen LogP contribution in [0.3, 0.4) is 0 Å². The summed E-state index contributed by atoms with van der Waals surface area (Å²) in [6.07, 6.45) is 2.56. The smallest absolute Gasteiger partial charge is 0.317 e. The van der Waals surface area contributed by atoms with Gasteiger partial charge in [0.05, 0.1) is 42.7 Å². The van der Waals surface area contributed by atoms with Gasteiger partial charge in [0.1, 0.15) is 18.1 Å². The number of hydrogen-bond donors (Lipinski definition) is 3. The molecule has 4 N–H and O–H groups in total. The van der Waals surface area contributed by atoms with Gasteiger partial charge in [-0.2, -0.15) is 10.2 Å². The molecule has 3 aromatic carbocycles. The number of nitriles is 1. The van der Waals surface area contributed by atoms with Gasteiger partial charge in [-0.1, -0.05) is 0 Å². The van der Waals surface area contributed by atoms with Gasteiger partial charge < -0.3 is 30.4 Å². The van der Waals surface area contributed by atoms with Crippen LogP contribution in [0.1, 0.15) is 27.9 Å². The summed E-state index contributed by atoms with van der Waals surface area (Å²) in [4.78, 5) is 24.0. The lowest BCUT2D eigenvalue weighted by molar-refractivity contribution is 0.0358. The van der Waals surface area contributed by atoms with Gasteiger partial charge in [-0.05, 0) is 55.0 Å². The second-order valence-electron chi connectivity index (χ2n) is 9.49. The normalized spacial score (nSPS) is 13.4. The van der Waals surface area contributed by atoms with Gasteiger partial charge >= 0.3 is 6.01 Å². The van der Waals surface area contributed by atoms with Crippen LogP contribution in [0.5, 0.6) is 17.5 Å². The Hall–Kier alpha value is -4.92. The summed E-state index contributed by atoms with van der Waals surface area (Å²) >= 11 is 0. The minimum atomic E-state index is -0.403. The molecule has 11 nitrogen and oxygen atoms in total. The van der Waals surface area contributed by atoms with E-state index in [0.717, 1.165) is 44.7 Å². The minimum absolute atomic E-state index is 0.0659. The summed E-state index contributed by atoms with van der Waals surface area (Å²) in [7, 11) is 0. The van der Waals surface area contributed by atoms with E-state index in [1.165, 1.54) is 12.1 Å². The minimum Gasteiger partial charge on any atom is -0.506 e. The second kappa shape index (κ2) is 13.0. The molecule has 0 bridgehead atoms. The number of aromatic nitrogens is 2. The van der Waals surface area contributed by atoms with E-state index >= 15 is 0 Å². The lowest BCUT2D eigenvalue weighted by Gasteiger charge is -2.26. The number of phenols is 1. The number of carbonyl (C=O) groups excluding carboxylic acids is 1. The molecule has 1 amide bonds. The molecule has 1 aliphatic rings. The molecule has 0 aliphatic carbocycles. The zero-order chi connectivity index (χ0) is 28.6. The highest BCUT2D eigenvalue weighted by molar-refractivity contribution is 6.05. The number of amides is 1. The zero-order valence-electron chi connectivity index (χ0n) is 22.4. The number of ether oxygens (including phenoxy) is 3. The zero-order valence-corrected chi connectivity index (χ0v) is 22.4. The van der Waals surface area contributed by atoms with Crippen LogP contribution in [0.15, 0.2) is 60.8 Å². The molecule has 1 fully saturated rings. The van der Waals surface area contributed by atoms with E-state index < -0.39 is 5.91 Å². The number of phenolic OH excluding ortho intramolecular Hbond substituents is 1. The van der Waals surface area contributed by atoms with Crippen molar-refractivity contribution in [3.05, 3.63) is 77.5 Å². The monoisotopic (exact) mass is 554 g/mol. The van der Waals surface area contributed by atoms with Crippen LogP contribution in [0.4, 0.5) is 11.4 Å². The Kier molecular flexibility index (Phi) is 8.73. The van der Waals surface area contributed by atoms with Crippen molar-refractivity contribution in [2.24, 2.45) is 0 Å². The number of nitrogen functional groups attached to an aromatic ring is 1. The van der Waals surface area contributed by atoms with Crippen molar-refractivity contribution >= 4 is 28.2 Å². The van der Waals surface area contributed by atoms with E-state index in [1.807, 2.05) is 24.3 Å². The summed E-state index contributed by atoms with van der Waals surface area (Å²) < 4.78 is 17.2. The topological polar surface area (TPSA) is 156 Å². The van der Waals surface area contributed by atoms with Crippen molar-refractivity contribution < 1.29 is 24.1 Å². The average Bonchev–Trinajstić information content (AvgIpc) is 3.01. The van der Waals surface area contributed by atoms with Gasteiger partial charge in [-0.25, -0.2) is 4.98 Å². The first-order valence-corrected chi connectivity index (χ1v) is 13.2. The number of anilines is 2. The van der Waals surface area contributed by atoms with Crippen LogP contribution < -0.4 is 20.5 Å². The molecule has 41 heavy (non-hydrogen) atoms. The third-order valence-electron chi connectivity index (χ3n) is 6.73. The number of morpholine rings is 1. The summed E-state index contributed by atoms with van der Waals surface area (Å²) in [5.41, 5.74) is 8.39. The van der Waals surface area contributed by atoms with Gasteiger partial charge in [0, 0.05) is 54.1 Å². The van der Waals surface area contributed by atoms with Gasteiger partial charge in [-0.3, -0.25) is 9.69 Å². The standard InChI is InChI=1S/C30H30N6O5/c31-17-20-2-4-21(5-3-20)29(38)34-25-8-9-27(37)28(32)24(25)19-41-30-33-18-22-6-7-23(16-26(22)35-30)40-13-1-10-36-11-14-39-15-12-36/h2-9,16,18,37H,1,10-15,19,32H2,(H,34,38). The van der Waals surface area contributed by atoms with E-state index in [1.54, 1.807) is 30.5 Å². The summed E-state index contributed by atoms with van der Waals surface area (Å²) in [6.45, 7) is 4.91. The van der Waals surface area contributed by atoms with E-state index in [0.29, 0.717) is 40.3 Å². The Bertz CT molecular complexity index is 1560. The predicted octanol–water partition coefficient (Wildman–Crippen LogP) is 3.72. The third-order valence-corrected chi connectivity index (χ3v) is 6.73. The molecule has 1 aromatic heterocycles. The van der Waals surface area contributed by atoms with Crippen LogP contribution in [0.25, 0.3) is 10.9 Å². The Morgan fingerprint density at radius 3 is 2.71 bits per heavy atom. The number of benzene rings is 3. The fraction of sp³-hybridized carbons (Fsp3) is 0.267. The lowest BCUT2D eigenvalue weighted by atomic mass is 10.1. The first-order valence-electron chi connectivity index (χ1n) is 13.2. The molecule has 2 heterocycles. The first-order chi connectivity index (χ1) is 20.0. The highest BCUT2D eigenvalue weighted by Crippen LogP contribution is 2.32. The maximum atomic E-state index is 12.8. The van der Waals surface area contributed by atoms with E-state index in [-0.39, 0.29) is 24.1 Å². The molecule has 5 rings (SSSR count). The number of carbonyl (C=O) groups is 1. The van der Waals surface area contributed by atoms with E-state index in [9.17, 15) is 9.90 Å². The largest absolute Gasteiger partial charge is 0.506 e. The fourth-order valence-corrected chi connectivity index (χ4v) is 4.40. The third kappa shape index (κ3) is 7.00. The Morgan fingerprint density at radius 2 is 1.93 bits per heavy atom. The fourth-order valence-electron chi connectivity index (χ4n) is 4.40. The molecule has 0 atom stereocenters. The number of nitrogens with zero attached hydrogens (tertiary/aromatic N) is 4. The highest BCUT2D eigenvalue weighted by Gasteiger charge is 2.16. The van der Waals surface area contributed by atoms with Gasteiger partial charge in [0.2, 0.25) is 0 Å². The molecule has 0 unspecified atom stereocenters. The number of aromatic hydroxyl groups is 1. The molecular weight excluding hydrogens is 524 g/mol. The Labute approximate surface area is 237 Å². The predicted molar refractivity (Wildman–Crippen MR) is 153 cm³/mol. The van der Waals surface area contributed by atoms with Crippen molar-refractivity contribution in [2.75, 3.05) is 50.5 Å². The molecule has 1 saturated heterocycles. The summed E-state index contributed by atoms with van der Waals surface area (Å²) in [5.74, 6) is 0.157. The number of nitrogens with one attached hydrogen (secondary N) is 1. The maximum Gasteiger partial charge on any atom is 0.317 e. The van der Waals surface area contributed by atoms with Crippen molar-refractivity contribution in [2.45, 2.75) is 13.0 Å². The molecule has 11 heteroatoms. The lowest BCUT2D eigenvalue weighted by Crippen LogP contribution is -2.37.